The molecule has 1 rings (SSSR count). The van der Waals surface area contributed by atoms with Crippen LogP contribution in [0.2, 0.25) is 5.02 Å². The van der Waals surface area contributed by atoms with Gasteiger partial charge >= 0.3 is 5.97 Å². The van der Waals surface area contributed by atoms with Crippen molar-refractivity contribution in [3.8, 4) is 0 Å². The molecule has 1 amide bonds. The fourth-order valence-corrected chi connectivity index (χ4v) is 1.11. The van der Waals surface area contributed by atoms with E-state index in [-0.39, 0.29) is 5.69 Å². The second kappa shape index (κ2) is 5.43. The van der Waals surface area contributed by atoms with Crippen molar-refractivity contribution >= 4 is 23.5 Å². The minimum atomic E-state index is -1.35. The van der Waals surface area contributed by atoms with Gasteiger partial charge in [-0.15, -0.1) is 0 Å². The van der Waals surface area contributed by atoms with Crippen LogP contribution in [0.4, 0.5) is 0 Å². The van der Waals surface area contributed by atoms with Gasteiger partial charge in [-0.3, -0.25) is 9.78 Å². The fraction of sp³-hybridized carbons (Fsp3) is 0.222. The molecular formula is C9H9ClN2O4. The number of carbonyl (C=O) groups is 2. The van der Waals surface area contributed by atoms with Crippen LogP contribution in [-0.4, -0.2) is 39.7 Å². The number of hydrogen-bond donors (Lipinski definition) is 3. The van der Waals surface area contributed by atoms with Gasteiger partial charge in [-0.25, -0.2) is 4.79 Å². The van der Waals surface area contributed by atoms with Gasteiger partial charge in [0.25, 0.3) is 5.91 Å². The van der Waals surface area contributed by atoms with Crippen LogP contribution in [0.25, 0.3) is 0 Å². The Morgan fingerprint density at radius 2 is 2.25 bits per heavy atom. The highest BCUT2D eigenvalue weighted by molar-refractivity contribution is 6.30. The van der Waals surface area contributed by atoms with Gasteiger partial charge < -0.3 is 15.5 Å². The monoisotopic (exact) mass is 244 g/mol. The Labute approximate surface area is 95.9 Å². The number of carbonyl (C=O) groups excluding carboxylic acids is 1. The second-order valence-corrected chi connectivity index (χ2v) is 3.34. The van der Waals surface area contributed by atoms with Crippen LogP contribution in [0.15, 0.2) is 18.3 Å². The average molecular weight is 245 g/mol. The van der Waals surface area contributed by atoms with E-state index in [1.807, 2.05) is 0 Å². The Kier molecular flexibility index (Phi) is 4.21. The van der Waals surface area contributed by atoms with Crippen LogP contribution in [0.3, 0.4) is 0 Å². The number of aromatic nitrogens is 1. The van der Waals surface area contributed by atoms with Gasteiger partial charge in [-0.05, 0) is 12.1 Å². The Morgan fingerprint density at radius 3 is 2.75 bits per heavy atom. The first-order valence-corrected chi connectivity index (χ1v) is 4.68. The molecule has 7 heteroatoms. The zero-order valence-corrected chi connectivity index (χ0v) is 8.81. The number of hydrogen-bond acceptors (Lipinski definition) is 4. The van der Waals surface area contributed by atoms with Gasteiger partial charge in [0.05, 0.1) is 6.61 Å². The van der Waals surface area contributed by atoms with Crippen molar-refractivity contribution in [1.29, 1.82) is 0 Å². The summed E-state index contributed by atoms with van der Waals surface area (Å²) < 4.78 is 0. The van der Waals surface area contributed by atoms with Gasteiger partial charge in [-0.2, -0.15) is 0 Å². The van der Waals surface area contributed by atoms with E-state index >= 15 is 0 Å². The fourth-order valence-electron chi connectivity index (χ4n) is 0.947. The van der Waals surface area contributed by atoms with E-state index in [1.54, 1.807) is 0 Å². The number of rotatable bonds is 4. The summed E-state index contributed by atoms with van der Waals surface area (Å²) in [5, 5.41) is 19.7. The van der Waals surface area contributed by atoms with Crippen LogP contribution >= 0.6 is 11.6 Å². The summed E-state index contributed by atoms with van der Waals surface area (Å²) in [5.74, 6) is -2.03. The lowest BCUT2D eigenvalue weighted by Crippen LogP contribution is -2.43. The standard InChI is InChI=1S/C9H9ClN2O4/c10-5-1-2-11-6(3-5)8(14)12-7(4-13)9(15)16/h1-3,7,13H,4H2,(H,12,14)(H,15,16)/t7-/m0/s1. The lowest BCUT2D eigenvalue weighted by molar-refractivity contribution is -0.140. The molecule has 0 unspecified atom stereocenters. The zero-order chi connectivity index (χ0) is 12.1. The number of aliphatic carboxylic acids is 1. The van der Waals surface area contributed by atoms with Crippen LogP contribution in [0.1, 0.15) is 10.5 Å². The highest BCUT2D eigenvalue weighted by atomic mass is 35.5. The third-order valence-electron chi connectivity index (χ3n) is 1.74. The van der Waals surface area contributed by atoms with Crippen molar-refractivity contribution in [3.05, 3.63) is 29.0 Å². The summed E-state index contributed by atoms with van der Waals surface area (Å²) in [6.07, 6.45) is 1.33. The highest BCUT2D eigenvalue weighted by Crippen LogP contribution is 2.07. The van der Waals surface area contributed by atoms with Gasteiger partial charge in [0.2, 0.25) is 0 Å². The molecule has 0 aliphatic rings. The van der Waals surface area contributed by atoms with Crippen molar-refractivity contribution in [2.75, 3.05) is 6.61 Å². The molecule has 1 aromatic heterocycles. The SMILES string of the molecule is O=C(N[C@@H](CO)C(=O)O)c1cc(Cl)ccn1. The van der Waals surface area contributed by atoms with Crippen LogP contribution in [0.5, 0.6) is 0 Å². The van der Waals surface area contributed by atoms with Crippen molar-refractivity contribution < 1.29 is 19.8 Å². The molecule has 1 aromatic rings. The maximum Gasteiger partial charge on any atom is 0.328 e. The number of aliphatic hydroxyl groups excluding tert-OH is 1. The number of nitrogens with zero attached hydrogens (tertiary/aromatic N) is 1. The smallest absolute Gasteiger partial charge is 0.328 e. The van der Waals surface area contributed by atoms with Crippen LogP contribution in [0, 0.1) is 0 Å². The largest absolute Gasteiger partial charge is 0.480 e. The Bertz CT molecular complexity index is 410. The van der Waals surface area contributed by atoms with E-state index in [4.69, 9.17) is 21.8 Å². The molecule has 1 atom stereocenters. The van der Waals surface area contributed by atoms with Gasteiger partial charge in [-0.1, -0.05) is 11.6 Å². The first-order chi connectivity index (χ1) is 7.54. The van der Waals surface area contributed by atoms with Crippen LogP contribution in [-0.2, 0) is 4.79 Å². The predicted molar refractivity (Wildman–Crippen MR) is 55.2 cm³/mol. The van der Waals surface area contributed by atoms with Crippen molar-refractivity contribution in [1.82, 2.24) is 10.3 Å². The Morgan fingerprint density at radius 1 is 1.56 bits per heavy atom. The number of pyridine rings is 1. The first-order valence-electron chi connectivity index (χ1n) is 4.30. The summed E-state index contributed by atoms with van der Waals surface area (Å²) in [7, 11) is 0. The molecule has 0 saturated carbocycles. The summed E-state index contributed by atoms with van der Waals surface area (Å²) in [6, 6.07) is 1.43. The highest BCUT2D eigenvalue weighted by Gasteiger charge is 2.20. The normalized spacial score (nSPS) is 11.9. The molecule has 0 spiro atoms. The molecule has 0 aromatic carbocycles. The zero-order valence-electron chi connectivity index (χ0n) is 8.05. The molecular weight excluding hydrogens is 236 g/mol. The van der Waals surface area contributed by atoms with E-state index in [0.717, 1.165) is 0 Å². The van der Waals surface area contributed by atoms with E-state index in [1.165, 1.54) is 18.3 Å². The van der Waals surface area contributed by atoms with Crippen molar-refractivity contribution in [2.45, 2.75) is 6.04 Å². The molecule has 0 aliphatic heterocycles. The van der Waals surface area contributed by atoms with E-state index < -0.39 is 24.5 Å². The van der Waals surface area contributed by atoms with E-state index in [0.29, 0.717) is 5.02 Å². The predicted octanol–water partition coefficient (Wildman–Crippen LogP) is -0.0897. The van der Waals surface area contributed by atoms with Gasteiger partial charge in [0, 0.05) is 11.2 Å². The Balaban J connectivity index is 2.75. The quantitative estimate of drug-likeness (QED) is 0.687. The van der Waals surface area contributed by atoms with Gasteiger partial charge in [0.1, 0.15) is 5.69 Å². The number of carboxylic acid groups (broad SMARTS) is 1. The minimum absolute atomic E-state index is 0.00722. The molecule has 0 bridgehead atoms. The van der Waals surface area contributed by atoms with E-state index in [2.05, 4.69) is 10.3 Å². The summed E-state index contributed by atoms with van der Waals surface area (Å²) in [6.45, 7) is -0.693. The summed E-state index contributed by atoms with van der Waals surface area (Å²) in [5.41, 5.74) is -0.00722. The first kappa shape index (κ1) is 12.4. The molecule has 0 fully saturated rings. The maximum atomic E-state index is 11.5. The van der Waals surface area contributed by atoms with Gasteiger partial charge in [0.15, 0.2) is 6.04 Å². The lowest BCUT2D eigenvalue weighted by atomic mass is 10.3. The van der Waals surface area contributed by atoms with E-state index in [9.17, 15) is 9.59 Å². The number of nitrogens with one attached hydrogen (secondary N) is 1. The molecule has 0 saturated heterocycles. The molecule has 6 nitrogen and oxygen atoms in total. The molecule has 0 aliphatic carbocycles. The number of amides is 1. The number of carboxylic acids is 1. The Hall–Kier alpha value is -1.66. The second-order valence-electron chi connectivity index (χ2n) is 2.91. The summed E-state index contributed by atoms with van der Waals surface area (Å²) in [4.78, 5) is 25.7. The third-order valence-corrected chi connectivity index (χ3v) is 1.98. The molecule has 16 heavy (non-hydrogen) atoms. The molecule has 3 N–H and O–H groups in total. The number of halogens is 1. The molecule has 86 valence electrons. The van der Waals surface area contributed by atoms with Crippen LogP contribution < -0.4 is 5.32 Å². The topological polar surface area (TPSA) is 99.5 Å². The summed E-state index contributed by atoms with van der Waals surface area (Å²) >= 11 is 5.64. The van der Waals surface area contributed by atoms with Crippen molar-refractivity contribution in [3.63, 3.8) is 0 Å². The maximum absolute atomic E-state index is 11.5. The molecule has 1 heterocycles. The molecule has 0 radical (unpaired) electrons. The third kappa shape index (κ3) is 3.18. The lowest BCUT2D eigenvalue weighted by Gasteiger charge is -2.10. The average Bonchev–Trinajstić information content (AvgIpc) is 2.25. The van der Waals surface area contributed by atoms with Crippen molar-refractivity contribution in [2.24, 2.45) is 0 Å². The number of aliphatic hydroxyl groups is 1. The minimum Gasteiger partial charge on any atom is -0.480 e.